The lowest BCUT2D eigenvalue weighted by molar-refractivity contribution is 0.407. The van der Waals surface area contributed by atoms with E-state index < -0.39 is 0 Å². The van der Waals surface area contributed by atoms with Gasteiger partial charge in [-0.15, -0.1) is 0 Å². The fourth-order valence-corrected chi connectivity index (χ4v) is 2.09. The normalized spacial score (nSPS) is 10.1. The van der Waals surface area contributed by atoms with Crippen LogP contribution in [0.25, 0.3) is 0 Å². The number of nitrogens with one attached hydrogen (secondary N) is 1. The minimum Gasteiger partial charge on any atom is -0.493 e. The number of aryl methyl sites for hydroxylation is 2. The predicted molar refractivity (Wildman–Crippen MR) is 81.5 cm³/mol. The highest BCUT2D eigenvalue weighted by Crippen LogP contribution is 2.17. The first-order valence-corrected chi connectivity index (χ1v) is 6.67. The van der Waals surface area contributed by atoms with Crippen molar-refractivity contribution >= 4 is 5.69 Å². The molecule has 1 aromatic heterocycles. The topological polar surface area (TPSA) is 78.0 Å². The van der Waals surface area contributed by atoms with Crippen molar-refractivity contribution in [3.63, 3.8) is 0 Å². The number of benzene rings is 1. The number of anilines is 1. The van der Waals surface area contributed by atoms with Gasteiger partial charge in [0.2, 0.25) is 5.88 Å². The molecule has 108 valence electrons. The summed E-state index contributed by atoms with van der Waals surface area (Å²) in [6.07, 6.45) is 0. The molecule has 0 amide bonds. The summed E-state index contributed by atoms with van der Waals surface area (Å²) in [5.41, 5.74) is 2.44. The van der Waals surface area contributed by atoms with Crippen molar-refractivity contribution in [3.05, 3.63) is 57.4 Å². The van der Waals surface area contributed by atoms with Gasteiger partial charge in [0, 0.05) is 24.8 Å². The smallest absolute Gasteiger partial charge is 0.253 e. The first kappa shape index (κ1) is 14.7. The lowest BCUT2D eigenvalue weighted by atomic mass is 10.1. The minimum atomic E-state index is -0.310. The third-order valence-corrected chi connectivity index (χ3v) is 3.31. The van der Waals surface area contributed by atoms with Crippen LogP contribution in [0.1, 0.15) is 16.7 Å². The average molecular weight is 283 g/mol. The van der Waals surface area contributed by atoms with Gasteiger partial charge >= 0.3 is 0 Å². The van der Waals surface area contributed by atoms with Gasteiger partial charge in [-0.1, -0.05) is 17.7 Å². The van der Waals surface area contributed by atoms with Crippen molar-refractivity contribution in [2.75, 3.05) is 11.9 Å². The van der Waals surface area contributed by atoms with Gasteiger partial charge in [-0.05, 0) is 31.5 Å². The molecule has 0 aliphatic rings. The number of rotatable bonds is 4. The summed E-state index contributed by atoms with van der Waals surface area (Å²) >= 11 is 0. The maximum absolute atomic E-state index is 11.9. The first-order chi connectivity index (χ1) is 10.0. The minimum absolute atomic E-state index is 0.143. The molecule has 0 unspecified atom stereocenters. The number of nitrogens with zero attached hydrogens (tertiary/aromatic N) is 2. The lowest BCUT2D eigenvalue weighted by Gasteiger charge is -2.12. The van der Waals surface area contributed by atoms with Crippen LogP contribution in [0, 0.1) is 25.2 Å². The Morgan fingerprint density at radius 2 is 1.95 bits per heavy atom. The largest absolute Gasteiger partial charge is 0.493 e. The van der Waals surface area contributed by atoms with E-state index in [0.717, 1.165) is 5.69 Å². The second-order valence-corrected chi connectivity index (χ2v) is 4.92. The molecular weight excluding hydrogens is 266 g/mol. The van der Waals surface area contributed by atoms with Gasteiger partial charge in [0.25, 0.3) is 5.56 Å². The molecule has 0 spiro atoms. The number of pyridine rings is 1. The number of aromatic nitrogens is 1. The zero-order chi connectivity index (χ0) is 15.4. The summed E-state index contributed by atoms with van der Waals surface area (Å²) in [4.78, 5) is 11.9. The maximum Gasteiger partial charge on any atom is 0.253 e. The number of aromatic hydroxyl groups is 1. The molecule has 2 rings (SSSR count). The molecule has 0 saturated heterocycles. The van der Waals surface area contributed by atoms with Crippen molar-refractivity contribution < 1.29 is 5.11 Å². The van der Waals surface area contributed by atoms with E-state index in [1.807, 2.05) is 37.3 Å². The van der Waals surface area contributed by atoms with E-state index in [2.05, 4.69) is 5.32 Å². The molecule has 0 bridgehead atoms. The number of hydrogen-bond donors (Lipinski definition) is 2. The van der Waals surface area contributed by atoms with Gasteiger partial charge in [0.1, 0.15) is 11.6 Å². The summed E-state index contributed by atoms with van der Waals surface area (Å²) in [6.45, 7) is 4.41. The van der Waals surface area contributed by atoms with Gasteiger partial charge in [0.05, 0.1) is 0 Å². The van der Waals surface area contributed by atoms with Crippen LogP contribution in [0.4, 0.5) is 5.69 Å². The van der Waals surface area contributed by atoms with E-state index in [1.165, 1.54) is 16.2 Å². The Morgan fingerprint density at radius 3 is 2.57 bits per heavy atom. The maximum atomic E-state index is 11.9. The molecule has 0 aliphatic heterocycles. The Bertz CT molecular complexity index is 740. The zero-order valence-electron chi connectivity index (χ0n) is 12.1. The van der Waals surface area contributed by atoms with Crippen molar-refractivity contribution in [1.29, 1.82) is 5.26 Å². The van der Waals surface area contributed by atoms with E-state index in [0.29, 0.717) is 12.1 Å². The molecule has 5 nitrogen and oxygen atoms in total. The molecule has 0 fully saturated rings. The van der Waals surface area contributed by atoms with Crippen molar-refractivity contribution in [2.24, 2.45) is 0 Å². The van der Waals surface area contributed by atoms with Crippen LogP contribution in [0.3, 0.4) is 0 Å². The molecule has 0 radical (unpaired) electrons. The fourth-order valence-electron chi connectivity index (χ4n) is 2.09. The van der Waals surface area contributed by atoms with E-state index in [9.17, 15) is 9.90 Å². The molecule has 0 aliphatic carbocycles. The molecule has 1 aromatic carbocycles. The Labute approximate surface area is 123 Å². The molecule has 2 aromatic rings. The van der Waals surface area contributed by atoms with Crippen LogP contribution in [0.2, 0.25) is 0 Å². The van der Waals surface area contributed by atoms with Gasteiger partial charge in [-0.25, -0.2) is 0 Å². The third kappa shape index (κ3) is 3.23. The van der Waals surface area contributed by atoms with Crippen LogP contribution in [-0.4, -0.2) is 16.2 Å². The predicted octanol–water partition coefficient (Wildman–Crippen LogP) is 2.15. The van der Waals surface area contributed by atoms with Crippen LogP contribution in [0.5, 0.6) is 5.88 Å². The number of hydrogen-bond acceptors (Lipinski definition) is 4. The van der Waals surface area contributed by atoms with Gasteiger partial charge in [-0.2, -0.15) is 5.26 Å². The summed E-state index contributed by atoms with van der Waals surface area (Å²) in [6, 6.07) is 11.2. The monoisotopic (exact) mass is 283 g/mol. The van der Waals surface area contributed by atoms with Crippen LogP contribution < -0.4 is 10.9 Å². The molecule has 1 heterocycles. The molecule has 2 N–H and O–H groups in total. The number of nitriles is 1. The molecule has 21 heavy (non-hydrogen) atoms. The van der Waals surface area contributed by atoms with Crippen LogP contribution in [0.15, 0.2) is 35.1 Å². The highest BCUT2D eigenvalue weighted by Gasteiger charge is 2.11. The van der Waals surface area contributed by atoms with Crippen LogP contribution >= 0.6 is 0 Å². The lowest BCUT2D eigenvalue weighted by Crippen LogP contribution is -2.24. The van der Waals surface area contributed by atoms with E-state index >= 15 is 0 Å². The molecular formula is C16H17N3O2. The summed E-state index contributed by atoms with van der Waals surface area (Å²) in [5, 5.41) is 22.2. The zero-order valence-corrected chi connectivity index (χ0v) is 12.1. The SMILES string of the molecule is Cc1ccc(NCCn2c(O)c(C#N)c(C)cc2=O)cc1. The Kier molecular flexibility index (Phi) is 4.29. The summed E-state index contributed by atoms with van der Waals surface area (Å²) < 4.78 is 1.20. The highest BCUT2D eigenvalue weighted by atomic mass is 16.3. The fraction of sp³-hybridized carbons (Fsp3) is 0.250. The second-order valence-electron chi connectivity index (χ2n) is 4.92. The molecule has 0 saturated carbocycles. The quantitative estimate of drug-likeness (QED) is 0.901. The first-order valence-electron chi connectivity index (χ1n) is 6.67. The van der Waals surface area contributed by atoms with Gasteiger partial charge < -0.3 is 10.4 Å². The molecule has 0 atom stereocenters. The summed E-state index contributed by atoms with van der Waals surface area (Å²) in [5.74, 6) is -0.270. The van der Waals surface area contributed by atoms with E-state index in [1.54, 1.807) is 6.92 Å². The van der Waals surface area contributed by atoms with Gasteiger partial charge in [-0.3, -0.25) is 9.36 Å². The van der Waals surface area contributed by atoms with Crippen molar-refractivity contribution in [1.82, 2.24) is 4.57 Å². The standard InChI is InChI=1S/C16H17N3O2/c1-11-3-5-13(6-4-11)18-7-8-19-15(20)9-12(2)14(10-17)16(19)21/h3-6,9,18,21H,7-8H2,1-2H3. The van der Waals surface area contributed by atoms with Crippen molar-refractivity contribution in [2.45, 2.75) is 20.4 Å². The van der Waals surface area contributed by atoms with E-state index in [-0.39, 0.29) is 23.5 Å². The highest BCUT2D eigenvalue weighted by molar-refractivity contribution is 5.45. The Balaban J connectivity index is 2.12. The Hall–Kier alpha value is -2.74. The second kappa shape index (κ2) is 6.14. The van der Waals surface area contributed by atoms with Crippen LogP contribution in [-0.2, 0) is 6.54 Å². The van der Waals surface area contributed by atoms with Gasteiger partial charge in [0.15, 0.2) is 0 Å². The van der Waals surface area contributed by atoms with Crippen molar-refractivity contribution in [3.8, 4) is 11.9 Å². The van der Waals surface area contributed by atoms with E-state index in [4.69, 9.17) is 5.26 Å². The average Bonchev–Trinajstić information content (AvgIpc) is 2.44. The Morgan fingerprint density at radius 1 is 1.29 bits per heavy atom. The molecule has 5 heteroatoms. The third-order valence-electron chi connectivity index (χ3n) is 3.31. The summed E-state index contributed by atoms with van der Waals surface area (Å²) in [7, 11) is 0.